The Kier molecular flexibility index (Phi) is 4.52. The predicted molar refractivity (Wildman–Crippen MR) is 116 cm³/mol. The van der Waals surface area contributed by atoms with Gasteiger partial charge in [0.25, 0.3) is 0 Å². The summed E-state index contributed by atoms with van der Waals surface area (Å²) in [6, 6.07) is 11.3. The highest BCUT2D eigenvalue weighted by Gasteiger charge is 2.65. The maximum atomic E-state index is 13.6. The zero-order valence-electron chi connectivity index (χ0n) is 17.0. The zero-order valence-corrected chi connectivity index (χ0v) is 17.8. The van der Waals surface area contributed by atoms with E-state index in [1.165, 1.54) is 0 Å². The Bertz CT molecular complexity index is 1060. The van der Waals surface area contributed by atoms with Crippen molar-refractivity contribution < 1.29 is 14.3 Å². The third-order valence-corrected chi connectivity index (χ3v) is 7.08. The summed E-state index contributed by atoms with van der Waals surface area (Å²) in [4.78, 5) is 29.4. The molecule has 0 unspecified atom stereocenters. The summed E-state index contributed by atoms with van der Waals surface area (Å²) < 4.78 is 5.39. The molecule has 2 fully saturated rings. The lowest BCUT2D eigenvalue weighted by Crippen LogP contribution is -2.53. The number of fused-ring (bicyclic) bond motifs is 4. The lowest BCUT2D eigenvalue weighted by Gasteiger charge is -2.36. The summed E-state index contributed by atoms with van der Waals surface area (Å²) in [5.74, 6) is -0.258. The number of nitrogens with one attached hydrogen (secondary N) is 2. The largest absolute Gasteiger partial charge is 0.495 e. The minimum atomic E-state index is -0.974. The Hall–Kier alpha value is -2.57. The Morgan fingerprint density at radius 2 is 2.17 bits per heavy atom. The molecule has 7 heteroatoms. The van der Waals surface area contributed by atoms with Crippen molar-refractivity contribution in [1.29, 1.82) is 0 Å². The molecule has 30 heavy (non-hydrogen) atoms. The number of halogens is 1. The number of aryl methyl sites for hydroxylation is 1. The number of methoxy groups -OCH3 is 1. The van der Waals surface area contributed by atoms with Crippen LogP contribution in [0.5, 0.6) is 5.75 Å². The van der Waals surface area contributed by atoms with Crippen LogP contribution in [0.1, 0.15) is 30.4 Å². The maximum absolute atomic E-state index is 13.6. The number of hydrogen-bond acceptors (Lipinski definition) is 4. The Morgan fingerprint density at radius 3 is 2.97 bits per heavy atom. The highest BCUT2D eigenvalue weighted by molar-refractivity contribution is 6.31. The van der Waals surface area contributed by atoms with Gasteiger partial charge < -0.3 is 15.4 Å². The summed E-state index contributed by atoms with van der Waals surface area (Å²) in [5.41, 5.74) is 2.30. The third-order valence-electron chi connectivity index (χ3n) is 6.85. The van der Waals surface area contributed by atoms with Gasteiger partial charge in [-0.2, -0.15) is 0 Å². The summed E-state index contributed by atoms with van der Waals surface area (Å²) in [5, 5.41) is 6.59. The van der Waals surface area contributed by atoms with Crippen molar-refractivity contribution in [3.63, 3.8) is 0 Å². The molecule has 0 saturated carbocycles. The molecule has 2 aromatic rings. The number of rotatable bonds is 3. The van der Waals surface area contributed by atoms with E-state index in [1.54, 1.807) is 25.3 Å². The fourth-order valence-corrected chi connectivity index (χ4v) is 5.77. The Labute approximate surface area is 180 Å². The molecule has 3 aliphatic heterocycles. The van der Waals surface area contributed by atoms with Crippen LogP contribution < -0.4 is 15.4 Å². The van der Waals surface area contributed by atoms with Crippen molar-refractivity contribution in [2.75, 3.05) is 24.3 Å². The normalized spacial score (nSPS) is 27.1. The van der Waals surface area contributed by atoms with E-state index in [0.29, 0.717) is 22.9 Å². The van der Waals surface area contributed by atoms with Gasteiger partial charge in [0, 0.05) is 22.3 Å². The fraction of sp³-hybridized carbons (Fsp3) is 0.391. The summed E-state index contributed by atoms with van der Waals surface area (Å²) in [7, 11) is 1.55. The molecule has 1 spiro atoms. The molecule has 5 rings (SSSR count). The van der Waals surface area contributed by atoms with E-state index in [1.807, 2.05) is 25.1 Å². The molecular formula is C23H24ClN3O3. The average Bonchev–Trinajstić information content (AvgIpc) is 3.38. The van der Waals surface area contributed by atoms with E-state index in [-0.39, 0.29) is 17.9 Å². The molecular weight excluding hydrogens is 402 g/mol. The highest BCUT2D eigenvalue weighted by Crippen LogP contribution is 2.56. The quantitative estimate of drug-likeness (QED) is 0.781. The molecule has 2 saturated heterocycles. The van der Waals surface area contributed by atoms with Crippen LogP contribution in [0.4, 0.5) is 11.4 Å². The standard InChI is InChI=1S/C23H24ClN3O3/c1-13-5-3-7-16-20(13)26-22(29)23(16)17(12-15-6-4-10-27(15)23)21(28)25-18-11-14(24)8-9-19(18)30-2/h3,5,7-9,11,15,17H,4,6,10,12H2,1-2H3,(H,25,28)(H,26,29)/t15-,17-,23-/m1/s1. The summed E-state index contributed by atoms with van der Waals surface area (Å²) in [6.45, 7) is 2.80. The van der Waals surface area contributed by atoms with Crippen molar-refractivity contribution in [3.8, 4) is 5.75 Å². The number of carbonyl (C=O) groups is 2. The van der Waals surface area contributed by atoms with Gasteiger partial charge in [0.05, 0.1) is 18.7 Å². The minimum absolute atomic E-state index is 0.102. The maximum Gasteiger partial charge on any atom is 0.250 e. The first-order valence-corrected chi connectivity index (χ1v) is 10.7. The van der Waals surface area contributed by atoms with Gasteiger partial charge in [-0.05, 0) is 56.5 Å². The molecule has 2 amide bonds. The fourth-order valence-electron chi connectivity index (χ4n) is 5.60. The lowest BCUT2D eigenvalue weighted by molar-refractivity contribution is -0.135. The second-order valence-corrected chi connectivity index (χ2v) is 8.77. The van der Waals surface area contributed by atoms with Crippen molar-refractivity contribution in [2.45, 2.75) is 37.8 Å². The molecule has 0 radical (unpaired) electrons. The van der Waals surface area contributed by atoms with Crippen LogP contribution >= 0.6 is 11.6 Å². The van der Waals surface area contributed by atoms with Crippen molar-refractivity contribution in [2.24, 2.45) is 5.92 Å². The van der Waals surface area contributed by atoms with E-state index in [0.717, 1.165) is 36.2 Å². The summed E-state index contributed by atoms with van der Waals surface area (Å²) >= 11 is 6.14. The SMILES string of the molecule is COc1ccc(Cl)cc1NC(=O)[C@H]1C[C@H]2CCCN2[C@@]12C(=O)Nc1c(C)cccc12. The van der Waals surface area contributed by atoms with E-state index < -0.39 is 11.5 Å². The Morgan fingerprint density at radius 1 is 1.33 bits per heavy atom. The number of carbonyl (C=O) groups excluding carboxylic acids is 2. The van der Waals surface area contributed by atoms with Crippen molar-refractivity contribution >= 4 is 34.8 Å². The first-order valence-electron chi connectivity index (χ1n) is 10.3. The van der Waals surface area contributed by atoms with Gasteiger partial charge in [0.2, 0.25) is 11.8 Å². The third kappa shape index (κ3) is 2.60. The number of hydrogen-bond donors (Lipinski definition) is 2. The van der Waals surface area contributed by atoms with Crippen molar-refractivity contribution in [1.82, 2.24) is 4.90 Å². The number of ether oxygens (including phenoxy) is 1. The van der Waals surface area contributed by atoms with Crippen LogP contribution in [0.25, 0.3) is 0 Å². The molecule has 156 valence electrons. The molecule has 2 N–H and O–H groups in total. The smallest absolute Gasteiger partial charge is 0.250 e. The van der Waals surface area contributed by atoms with Gasteiger partial charge in [-0.15, -0.1) is 0 Å². The highest BCUT2D eigenvalue weighted by atomic mass is 35.5. The monoisotopic (exact) mass is 425 g/mol. The molecule has 0 bridgehead atoms. The van der Waals surface area contributed by atoms with E-state index in [2.05, 4.69) is 15.5 Å². The van der Waals surface area contributed by atoms with Crippen LogP contribution in [0, 0.1) is 12.8 Å². The second-order valence-electron chi connectivity index (χ2n) is 8.33. The van der Waals surface area contributed by atoms with Gasteiger partial charge in [0.1, 0.15) is 11.3 Å². The van der Waals surface area contributed by atoms with Crippen molar-refractivity contribution in [3.05, 3.63) is 52.5 Å². The van der Waals surface area contributed by atoms with Gasteiger partial charge >= 0.3 is 0 Å². The molecule has 2 aromatic carbocycles. The Balaban J connectivity index is 1.59. The molecule has 6 nitrogen and oxygen atoms in total. The lowest BCUT2D eigenvalue weighted by atomic mass is 9.78. The molecule has 0 aliphatic carbocycles. The van der Waals surface area contributed by atoms with Crippen LogP contribution in [0.15, 0.2) is 36.4 Å². The van der Waals surface area contributed by atoms with E-state index in [4.69, 9.17) is 16.3 Å². The number of amides is 2. The molecule has 0 aromatic heterocycles. The molecule has 3 atom stereocenters. The number of anilines is 2. The van der Waals surface area contributed by atoms with Crippen LogP contribution in [0.2, 0.25) is 5.02 Å². The average molecular weight is 426 g/mol. The number of nitrogens with zero attached hydrogens (tertiary/aromatic N) is 1. The molecule has 3 heterocycles. The van der Waals surface area contributed by atoms with E-state index in [9.17, 15) is 9.59 Å². The predicted octanol–water partition coefficient (Wildman–Crippen LogP) is 3.93. The van der Waals surface area contributed by atoms with E-state index >= 15 is 0 Å². The first kappa shape index (κ1) is 19.4. The van der Waals surface area contributed by atoms with Crippen LogP contribution in [0.3, 0.4) is 0 Å². The number of para-hydroxylation sites is 1. The van der Waals surface area contributed by atoms with Gasteiger partial charge in [-0.3, -0.25) is 14.5 Å². The van der Waals surface area contributed by atoms with Gasteiger partial charge in [0.15, 0.2) is 0 Å². The van der Waals surface area contributed by atoms with Crippen LogP contribution in [-0.4, -0.2) is 36.4 Å². The topological polar surface area (TPSA) is 70.7 Å². The zero-order chi connectivity index (χ0) is 21.0. The summed E-state index contributed by atoms with van der Waals surface area (Å²) in [6.07, 6.45) is 2.69. The number of benzene rings is 2. The minimum Gasteiger partial charge on any atom is -0.495 e. The van der Waals surface area contributed by atoms with Gasteiger partial charge in [-0.1, -0.05) is 29.8 Å². The van der Waals surface area contributed by atoms with Gasteiger partial charge in [-0.25, -0.2) is 0 Å². The second kappa shape index (κ2) is 7.00. The first-order chi connectivity index (χ1) is 14.5. The molecule has 3 aliphatic rings. The van der Waals surface area contributed by atoms with Crippen LogP contribution in [-0.2, 0) is 15.1 Å².